The minimum Gasteiger partial charge on any atom is -0.461 e. The first-order valence-corrected chi connectivity index (χ1v) is 18.1. The van der Waals surface area contributed by atoms with Gasteiger partial charge in [-0.15, -0.1) is 0 Å². The number of ether oxygens (including phenoxy) is 1. The molecule has 0 aliphatic carbocycles. The van der Waals surface area contributed by atoms with Gasteiger partial charge in [0.2, 0.25) is 0 Å². The van der Waals surface area contributed by atoms with Gasteiger partial charge in [0.25, 0.3) is 0 Å². The zero-order valence-corrected chi connectivity index (χ0v) is 27.9. The molecule has 2 heterocycles. The number of esters is 1. The summed E-state index contributed by atoms with van der Waals surface area (Å²) in [6.07, 6.45) is 8.91. The van der Waals surface area contributed by atoms with Gasteiger partial charge >= 0.3 is 5.97 Å². The summed E-state index contributed by atoms with van der Waals surface area (Å²) in [5, 5.41) is 15.6. The molecule has 0 unspecified atom stereocenters. The average molecular weight is 602 g/mol. The molecule has 41 heavy (non-hydrogen) atoms. The van der Waals surface area contributed by atoms with Gasteiger partial charge in [-0.05, 0) is 81.3 Å². The van der Waals surface area contributed by atoms with Crippen molar-refractivity contribution in [2.24, 2.45) is 7.05 Å². The van der Waals surface area contributed by atoms with E-state index >= 15 is 0 Å². The van der Waals surface area contributed by atoms with Crippen LogP contribution >= 0.6 is 11.6 Å². The Kier molecular flexibility index (Phi) is 11.5. The highest BCUT2D eigenvalue weighted by molar-refractivity contribution is 6.74. The second-order valence-corrected chi connectivity index (χ2v) is 17.3. The molecule has 0 aliphatic rings. The number of aromatic nitrogens is 3. The Morgan fingerprint density at radius 1 is 1.17 bits per heavy atom. The van der Waals surface area contributed by atoms with E-state index < -0.39 is 8.32 Å². The standard InChI is InChI=1S/C32H48ClN3O4Si/c1-9-26-28(25(35-36(26)6)17-13-11-12-14-20-37)27-24(33)19-18-23-22(30(34-29(23)27)31(38)39-10-2)16-15-21-40-41(7,8)32(3,4)5/h13,17-19,34,37H,9-12,14-16,20-21H2,1-8H3/b17-13+. The van der Waals surface area contributed by atoms with Crippen LogP contribution < -0.4 is 0 Å². The third kappa shape index (κ3) is 7.52. The fourth-order valence-electron chi connectivity index (χ4n) is 4.91. The Morgan fingerprint density at radius 3 is 2.54 bits per heavy atom. The van der Waals surface area contributed by atoms with E-state index in [1.807, 2.05) is 36.9 Å². The lowest BCUT2D eigenvalue weighted by Crippen LogP contribution is -2.41. The number of halogens is 1. The Hall–Kier alpha value is -2.39. The second kappa shape index (κ2) is 14.2. The van der Waals surface area contributed by atoms with E-state index in [0.717, 1.165) is 71.1 Å². The summed E-state index contributed by atoms with van der Waals surface area (Å²) < 4.78 is 13.8. The number of hydrogen-bond acceptors (Lipinski definition) is 5. The molecule has 0 fully saturated rings. The highest BCUT2D eigenvalue weighted by atomic mass is 35.5. The van der Waals surface area contributed by atoms with Crippen molar-refractivity contribution in [3.8, 4) is 11.1 Å². The number of aliphatic hydroxyl groups is 1. The van der Waals surface area contributed by atoms with Crippen LogP contribution in [0.25, 0.3) is 28.1 Å². The van der Waals surface area contributed by atoms with Gasteiger partial charge in [-0.25, -0.2) is 4.79 Å². The number of benzene rings is 1. The van der Waals surface area contributed by atoms with Crippen molar-refractivity contribution in [3.63, 3.8) is 0 Å². The minimum absolute atomic E-state index is 0.140. The number of hydrogen-bond donors (Lipinski definition) is 2. The highest BCUT2D eigenvalue weighted by Gasteiger charge is 2.37. The molecule has 9 heteroatoms. The summed E-state index contributed by atoms with van der Waals surface area (Å²) in [5.74, 6) is -0.364. The molecule has 7 nitrogen and oxygen atoms in total. The Morgan fingerprint density at radius 2 is 1.90 bits per heavy atom. The number of carbonyl (C=O) groups excluding carboxylic acids is 1. The molecule has 2 N–H and O–H groups in total. The normalized spacial score (nSPS) is 12.6. The summed E-state index contributed by atoms with van der Waals surface area (Å²) in [4.78, 5) is 16.6. The van der Waals surface area contributed by atoms with Crippen molar-refractivity contribution >= 4 is 42.9 Å². The van der Waals surface area contributed by atoms with Gasteiger partial charge < -0.3 is 19.3 Å². The number of nitrogens with zero attached hydrogens (tertiary/aromatic N) is 2. The van der Waals surface area contributed by atoms with Crippen LogP contribution in [0.2, 0.25) is 23.2 Å². The third-order valence-corrected chi connectivity index (χ3v) is 13.0. The van der Waals surface area contributed by atoms with E-state index in [9.17, 15) is 4.79 Å². The predicted molar refractivity (Wildman–Crippen MR) is 172 cm³/mol. The summed E-state index contributed by atoms with van der Waals surface area (Å²) in [6, 6.07) is 3.91. The Bertz CT molecular complexity index is 1370. The van der Waals surface area contributed by atoms with Crippen LogP contribution in [-0.2, 0) is 29.1 Å². The maximum Gasteiger partial charge on any atom is 0.355 e. The molecule has 0 saturated heterocycles. The van der Waals surface area contributed by atoms with E-state index in [1.54, 1.807) is 0 Å². The number of rotatable bonds is 14. The molecule has 3 aromatic rings. The number of aryl methyl sites for hydroxylation is 2. The molecule has 3 rings (SSSR count). The number of aromatic amines is 1. The van der Waals surface area contributed by atoms with Gasteiger partial charge in [-0.2, -0.15) is 5.10 Å². The Labute approximate surface area is 251 Å². The third-order valence-electron chi connectivity index (χ3n) is 8.18. The monoisotopic (exact) mass is 601 g/mol. The van der Waals surface area contributed by atoms with Crippen LogP contribution in [-0.4, -0.2) is 54.0 Å². The zero-order chi connectivity index (χ0) is 30.4. The van der Waals surface area contributed by atoms with E-state index in [1.165, 1.54) is 0 Å². The molecule has 0 spiro atoms. The molecule has 0 amide bonds. The largest absolute Gasteiger partial charge is 0.461 e. The summed E-state index contributed by atoms with van der Waals surface area (Å²) in [7, 11) is 0.0828. The molecular weight excluding hydrogens is 554 g/mol. The van der Waals surface area contributed by atoms with Gasteiger partial charge in [0.05, 0.1) is 22.8 Å². The lowest BCUT2D eigenvalue weighted by atomic mass is 9.97. The van der Waals surface area contributed by atoms with Crippen molar-refractivity contribution in [3.05, 3.63) is 45.9 Å². The first-order valence-electron chi connectivity index (χ1n) is 14.9. The Balaban J connectivity index is 2.10. The molecule has 0 bridgehead atoms. The fourth-order valence-corrected chi connectivity index (χ4v) is 6.25. The van der Waals surface area contributed by atoms with E-state index in [-0.39, 0.29) is 17.6 Å². The first kappa shape index (κ1) is 33.1. The number of nitrogens with one attached hydrogen (secondary N) is 1. The lowest BCUT2D eigenvalue weighted by molar-refractivity contribution is 0.0519. The number of aliphatic hydroxyl groups excluding tert-OH is 1. The van der Waals surface area contributed by atoms with Crippen molar-refractivity contribution in [1.29, 1.82) is 0 Å². The predicted octanol–water partition coefficient (Wildman–Crippen LogP) is 8.09. The van der Waals surface area contributed by atoms with Gasteiger partial charge in [0.1, 0.15) is 5.69 Å². The van der Waals surface area contributed by atoms with Gasteiger partial charge in [0.15, 0.2) is 8.32 Å². The maximum absolute atomic E-state index is 13.2. The van der Waals surface area contributed by atoms with Crippen molar-refractivity contribution in [2.75, 3.05) is 19.8 Å². The molecule has 2 aromatic heterocycles. The molecular formula is C32H48ClN3O4Si. The number of H-pyrrole nitrogens is 1. The van der Waals surface area contributed by atoms with Gasteiger partial charge in [-0.3, -0.25) is 4.68 Å². The fraction of sp³-hybridized carbons (Fsp3) is 0.562. The van der Waals surface area contributed by atoms with Crippen LogP contribution in [0.15, 0.2) is 18.2 Å². The summed E-state index contributed by atoms with van der Waals surface area (Å²) in [5.41, 5.74) is 5.93. The van der Waals surface area contributed by atoms with Crippen LogP contribution in [0.4, 0.5) is 0 Å². The van der Waals surface area contributed by atoms with Gasteiger partial charge in [-0.1, -0.05) is 51.4 Å². The van der Waals surface area contributed by atoms with Crippen LogP contribution in [0, 0.1) is 0 Å². The smallest absolute Gasteiger partial charge is 0.355 e. The van der Waals surface area contributed by atoms with Crippen molar-refractivity contribution in [2.45, 2.75) is 91.3 Å². The molecule has 0 aliphatic heterocycles. The molecule has 226 valence electrons. The number of carbonyl (C=O) groups is 1. The summed E-state index contributed by atoms with van der Waals surface area (Å²) >= 11 is 6.93. The molecule has 0 saturated carbocycles. The van der Waals surface area contributed by atoms with E-state index in [4.69, 9.17) is 31.0 Å². The zero-order valence-electron chi connectivity index (χ0n) is 26.1. The SMILES string of the molecule is CCOC(=O)c1[nH]c2c(-c3c(/C=C/CCCCO)nn(C)c3CC)c(Cl)ccc2c1CCCO[Si](C)(C)C(C)(C)C. The van der Waals surface area contributed by atoms with E-state index in [2.05, 4.69) is 51.8 Å². The van der Waals surface area contributed by atoms with Crippen molar-refractivity contribution in [1.82, 2.24) is 14.8 Å². The minimum atomic E-state index is -1.87. The van der Waals surface area contributed by atoms with E-state index in [0.29, 0.717) is 30.4 Å². The summed E-state index contributed by atoms with van der Waals surface area (Å²) in [6.45, 7) is 16.3. The topological polar surface area (TPSA) is 89.4 Å². The number of unbranched alkanes of at least 4 members (excludes halogenated alkanes) is 2. The number of fused-ring (bicyclic) bond motifs is 1. The quantitative estimate of drug-likeness (QED) is 0.111. The van der Waals surface area contributed by atoms with Gasteiger partial charge in [0, 0.05) is 42.5 Å². The first-order chi connectivity index (χ1) is 19.4. The van der Waals surface area contributed by atoms with Crippen LogP contribution in [0.1, 0.15) is 87.7 Å². The average Bonchev–Trinajstić information content (AvgIpc) is 3.42. The second-order valence-electron chi connectivity index (χ2n) is 12.1. The molecule has 1 aromatic carbocycles. The molecule has 0 radical (unpaired) electrons. The highest BCUT2D eigenvalue weighted by Crippen LogP contribution is 2.41. The number of allylic oxidation sites excluding steroid dienone is 1. The van der Waals surface area contributed by atoms with Crippen LogP contribution in [0.3, 0.4) is 0 Å². The van der Waals surface area contributed by atoms with Crippen LogP contribution in [0.5, 0.6) is 0 Å². The lowest BCUT2D eigenvalue weighted by Gasteiger charge is -2.36. The maximum atomic E-state index is 13.2. The van der Waals surface area contributed by atoms with Crippen molar-refractivity contribution < 1.29 is 19.1 Å². The molecule has 0 atom stereocenters.